The number of hydrogen-bond donors (Lipinski definition) is 1. The molecule has 1 amide bonds. The van der Waals surface area contributed by atoms with Crippen LogP contribution in [0.3, 0.4) is 0 Å². The quantitative estimate of drug-likeness (QED) is 0.740. The van der Waals surface area contributed by atoms with Gasteiger partial charge in [0.2, 0.25) is 5.91 Å². The first-order valence-corrected chi connectivity index (χ1v) is 9.22. The van der Waals surface area contributed by atoms with Crippen LogP contribution in [0.25, 0.3) is 5.65 Å². The molecular formula is C18H23N7O2. The average Bonchev–Trinajstić information content (AvgIpc) is 3.34. The van der Waals surface area contributed by atoms with Gasteiger partial charge in [0, 0.05) is 48.4 Å². The summed E-state index contributed by atoms with van der Waals surface area (Å²) >= 11 is 0. The van der Waals surface area contributed by atoms with Crippen molar-refractivity contribution in [1.82, 2.24) is 34.3 Å². The molecule has 0 aliphatic carbocycles. The first kappa shape index (κ1) is 17.4. The number of aromatic nitrogens is 6. The molecule has 1 fully saturated rings. The second kappa shape index (κ2) is 6.98. The third-order valence-electron chi connectivity index (χ3n) is 5.34. The van der Waals surface area contributed by atoms with Gasteiger partial charge >= 0.3 is 0 Å². The number of rotatable bonds is 4. The molecule has 27 heavy (non-hydrogen) atoms. The summed E-state index contributed by atoms with van der Waals surface area (Å²) in [6, 6.07) is 1.93. The van der Waals surface area contributed by atoms with Gasteiger partial charge in [0.15, 0.2) is 5.65 Å². The number of amides is 1. The second-order valence-corrected chi connectivity index (χ2v) is 7.12. The highest BCUT2D eigenvalue weighted by atomic mass is 16.2. The van der Waals surface area contributed by atoms with Gasteiger partial charge in [-0.2, -0.15) is 5.10 Å². The zero-order chi connectivity index (χ0) is 19.0. The van der Waals surface area contributed by atoms with E-state index in [2.05, 4.69) is 20.2 Å². The van der Waals surface area contributed by atoms with Gasteiger partial charge in [-0.15, -0.1) is 0 Å². The monoisotopic (exact) mass is 369 g/mol. The Labute approximate surface area is 156 Å². The lowest BCUT2D eigenvalue weighted by Crippen LogP contribution is -2.39. The van der Waals surface area contributed by atoms with Crippen LogP contribution >= 0.6 is 0 Å². The van der Waals surface area contributed by atoms with Gasteiger partial charge in [0.05, 0.1) is 6.54 Å². The maximum absolute atomic E-state index is 12.6. The predicted octanol–water partition coefficient (Wildman–Crippen LogP) is 1.03. The molecular weight excluding hydrogens is 346 g/mol. The van der Waals surface area contributed by atoms with Crippen LogP contribution in [0.4, 0.5) is 0 Å². The van der Waals surface area contributed by atoms with Crippen molar-refractivity contribution in [2.24, 2.45) is 0 Å². The number of likely N-dealkylation sites (tertiary alicyclic amines) is 1. The van der Waals surface area contributed by atoms with Crippen LogP contribution in [0, 0.1) is 13.8 Å². The van der Waals surface area contributed by atoms with Crippen molar-refractivity contribution in [1.29, 1.82) is 0 Å². The third kappa shape index (κ3) is 3.36. The Morgan fingerprint density at radius 3 is 3.00 bits per heavy atom. The maximum atomic E-state index is 12.6. The second-order valence-electron chi connectivity index (χ2n) is 7.12. The molecule has 3 aromatic heterocycles. The Morgan fingerprint density at radius 2 is 2.22 bits per heavy atom. The zero-order valence-corrected chi connectivity index (χ0v) is 15.6. The molecule has 0 bridgehead atoms. The fraction of sp³-hybridized carbons (Fsp3) is 0.500. The first-order valence-electron chi connectivity index (χ1n) is 9.22. The van der Waals surface area contributed by atoms with E-state index in [0.717, 1.165) is 30.8 Å². The fourth-order valence-electron chi connectivity index (χ4n) is 3.62. The van der Waals surface area contributed by atoms with E-state index in [4.69, 9.17) is 0 Å². The highest BCUT2D eigenvalue weighted by Crippen LogP contribution is 2.26. The number of carbonyl (C=O) groups is 1. The number of nitrogens with one attached hydrogen (secondary N) is 1. The maximum Gasteiger partial charge on any atom is 0.275 e. The predicted molar refractivity (Wildman–Crippen MR) is 98.5 cm³/mol. The molecule has 0 spiro atoms. The first-order chi connectivity index (χ1) is 13.0. The number of H-pyrrole nitrogens is 1. The van der Waals surface area contributed by atoms with Gasteiger partial charge in [-0.05, 0) is 26.7 Å². The van der Waals surface area contributed by atoms with Gasteiger partial charge in [-0.25, -0.2) is 14.5 Å². The SMILES string of the molecule is Cc1nc2cc(C3CCCN(C(=O)CCn4cncn4)C3)[nH]n2c(=O)c1C. The minimum Gasteiger partial charge on any atom is -0.342 e. The minimum absolute atomic E-state index is 0.0691. The smallest absolute Gasteiger partial charge is 0.275 e. The lowest BCUT2D eigenvalue weighted by atomic mass is 9.94. The summed E-state index contributed by atoms with van der Waals surface area (Å²) in [6.45, 7) is 5.58. The Hall–Kier alpha value is -2.97. The van der Waals surface area contributed by atoms with Gasteiger partial charge < -0.3 is 4.90 Å². The molecule has 1 unspecified atom stereocenters. The molecule has 4 heterocycles. The molecule has 0 radical (unpaired) electrons. The highest BCUT2D eigenvalue weighted by molar-refractivity contribution is 5.76. The van der Waals surface area contributed by atoms with E-state index in [-0.39, 0.29) is 17.4 Å². The molecule has 1 saturated heterocycles. The molecule has 0 saturated carbocycles. The number of aromatic amines is 1. The van der Waals surface area contributed by atoms with Gasteiger partial charge in [-0.3, -0.25) is 19.4 Å². The lowest BCUT2D eigenvalue weighted by molar-refractivity contribution is -0.132. The van der Waals surface area contributed by atoms with Crippen molar-refractivity contribution in [2.75, 3.05) is 13.1 Å². The Kier molecular flexibility index (Phi) is 4.51. The molecule has 4 rings (SSSR count). The van der Waals surface area contributed by atoms with Crippen LogP contribution in [0.15, 0.2) is 23.5 Å². The number of piperidine rings is 1. The summed E-state index contributed by atoms with van der Waals surface area (Å²) in [7, 11) is 0. The lowest BCUT2D eigenvalue weighted by Gasteiger charge is -2.32. The van der Waals surface area contributed by atoms with Crippen molar-refractivity contribution in [3.8, 4) is 0 Å². The van der Waals surface area contributed by atoms with Crippen LogP contribution in [0.1, 0.15) is 42.1 Å². The Morgan fingerprint density at radius 1 is 1.37 bits per heavy atom. The van der Waals surface area contributed by atoms with Crippen molar-refractivity contribution in [3.05, 3.63) is 46.0 Å². The van der Waals surface area contributed by atoms with Crippen molar-refractivity contribution < 1.29 is 4.79 Å². The summed E-state index contributed by atoms with van der Waals surface area (Å²) in [6.07, 6.45) is 5.41. The molecule has 1 aliphatic rings. The average molecular weight is 369 g/mol. The molecule has 1 atom stereocenters. The standard InChI is InChI=1S/C18H23N7O2/c1-12-13(2)21-16-8-15(22-25(16)18(12)27)14-4-3-6-23(9-14)17(26)5-7-24-11-19-10-20-24/h8,10-11,14,22H,3-7,9H2,1-2H3. The Bertz CT molecular complexity index is 1020. The highest BCUT2D eigenvalue weighted by Gasteiger charge is 2.26. The van der Waals surface area contributed by atoms with Crippen molar-refractivity contribution in [2.45, 2.75) is 45.6 Å². The Balaban J connectivity index is 1.49. The fourth-order valence-corrected chi connectivity index (χ4v) is 3.62. The third-order valence-corrected chi connectivity index (χ3v) is 5.34. The van der Waals surface area contributed by atoms with E-state index in [0.29, 0.717) is 30.7 Å². The van der Waals surface area contributed by atoms with Gasteiger partial charge in [0.1, 0.15) is 12.7 Å². The number of carbonyl (C=O) groups excluding carboxylic acids is 1. The van der Waals surface area contributed by atoms with E-state index in [9.17, 15) is 9.59 Å². The van der Waals surface area contributed by atoms with E-state index < -0.39 is 0 Å². The summed E-state index contributed by atoms with van der Waals surface area (Å²) in [5.41, 5.74) is 2.92. The normalized spacial score (nSPS) is 17.6. The summed E-state index contributed by atoms with van der Waals surface area (Å²) in [5, 5.41) is 7.23. The number of nitrogens with zero attached hydrogens (tertiary/aromatic N) is 6. The molecule has 9 heteroatoms. The van der Waals surface area contributed by atoms with E-state index in [1.807, 2.05) is 17.9 Å². The van der Waals surface area contributed by atoms with Gasteiger partial charge in [-0.1, -0.05) is 0 Å². The summed E-state index contributed by atoms with van der Waals surface area (Å²) < 4.78 is 3.17. The van der Waals surface area contributed by atoms with Crippen LogP contribution in [0.5, 0.6) is 0 Å². The molecule has 3 aromatic rings. The van der Waals surface area contributed by atoms with Crippen LogP contribution in [-0.4, -0.2) is 53.3 Å². The largest absolute Gasteiger partial charge is 0.342 e. The molecule has 142 valence electrons. The summed E-state index contributed by atoms with van der Waals surface area (Å²) in [4.78, 5) is 35.3. The number of fused-ring (bicyclic) bond motifs is 1. The topological polar surface area (TPSA) is 101 Å². The zero-order valence-electron chi connectivity index (χ0n) is 15.6. The number of aryl methyl sites for hydroxylation is 2. The van der Waals surface area contributed by atoms with Crippen molar-refractivity contribution in [3.63, 3.8) is 0 Å². The molecule has 1 N–H and O–H groups in total. The van der Waals surface area contributed by atoms with Gasteiger partial charge in [0.25, 0.3) is 5.56 Å². The molecule has 1 aliphatic heterocycles. The number of hydrogen-bond acceptors (Lipinski definition) is 5. The van der Waals surface area contributed by atoms with E-state index in [1.54, 1.807) is 17.9 Å². The minimum atomic E-state index is -0.0691. The van der Waals surface area contributed by atoms with E-state index in [1.165, 1.54) is 10.8 Å². The van der Waals surface area contributed by atoms with Crippen LogP contribution < -0.4 is 5.56 Å². The molecule has 0 aromatic carbocycles. The van der Waals surface area contributed by atoms with Crippen LogP contribution in [0.2, 0.25) is 0 Å². The molecule has 9 nitrogen and oxygen atoms in total. The van der Waals surface area contributed by atoms with Crippen LogP contribution in [-0.2, 0) is 11.3 Å². The van der Waals surface area contributed by atoms with Crippen molar-refractivity contribution >= 4 is 11.6 Å². The van der Waals surface area contributed by atoms with E-state index >= 15 is 0 Å². The summed E-state index contributed by atoms with van der Waals surface area (Å²) in [5.74, 6) is 0.295.